The minimum Gasteiger partial charge on any atom is -0.356 e. The zero-order valence-corrected chi connectivity index (χ0v) is 14.8. The van der Waals surface area contributed by atoms with Crippen molar-refractivity contribution in [2.75, 3.05) is 39.3 Å². The van der Waals surface area contributed by atoms with Crippen LogP contribution in [0, 0.1) is 46.0 Å². The number of hydrogen-bond acceptors (Lipinski definition) is 15. The fraction of sp³-hybridized carbons (Fsp3) is 1.00. The van der Waals surface area contributed by atoms with E-state index in [1.165, 1.54) is 0 Å². The third-order valence-electron chi connectivity index (χ3n) is 0.500. The summed E-state index contributed by atoms with van der Waals surface area (Å²) >= 11 is 0. The Morgan fingerprint density at radius 1 is 0.440 bits per heavy atom. The number of hydrogen-bond donors (Lipinski definition) is 6. The van der Waals surface area contributed by atoms with E-state index < -0.39 is 15.3 Å². The van der Waals surface area contributed by atoms with Crippen molar-refractivity contribution in [1.29, 1.82) is 0 Å². The number of nitrogens with zero attached hydrogens (tertiary/aromatic N) is 3. The molecule has 155 valence electrons. The Labute approximate surface area is 155 Å². The molecule has 0 bridgehead atoms. The van der Waals surface area contributed by atoms with Crippen LogP contribution in [-0.2, 0) is 19.5 Å². The topological polar surface area (TPSA) is 355 Å². The molecule has 0 aromatic rings. The van der Waals surface area contributed by atoms with Crippen molar-refractivity contribution in [2.24, 2.45) is 34.4 Å². The molecular formula is C6H24N9O9Ru. The summed E-state index contributed by atoms with van der Waals surface area (Å²) in [7, 11) is 0. The van der Waals surface area contributed by atoms with Crippen LogP contribution in [0.2, 0.25) is 0 Å². The van der Waals surface area contributed by atoms with Crippen molar-refractivity contribution in [1.82, 2.24) is 0 Å². The van der Waals surface area contributed by atoms with Crippen LogP contribution in [0.15, 0.2) is 0 Å². The van der Waals surface area contributed by atoms with Gasteiger partial charge in [0.2, 0.25) is 0 Å². The van der Waals surface area contributed by atoms with Gasteiger partial charge in [0.25, 0.3) is 0 Å². The fourth-order valence-corrected chi connectivity index (χ4v) is 0. The van der Waals surface area contributed by atoms with E-state index in [4.69, 9.17) is 80.4 Å². The molecular weight excluding hydrogens is 443 g/mol. The summed E-state index contributed by atoms with van der Waals surface area (Å²) in [6.07, 6.45) is 0. The van der Waals surface area contributed by atoms with E-state index in [0.717, 1.165) is 0 Å². The van der Waals surface area contributed by atoms with Gasteiger partial charge < -0.3 is 80.4 Å². The van der Waals surface area contributed by atoms with Gasteiger partial charge in [-0.2, -0.15) is 0 Å². The van der Waals surface area contributed by atoms with E-state index in [1.807, 2.05) is 0 Å². The van der Waals surface area contributed by atoms with Gasteiger partial charge in [0.1, 0.15) is 0 Å². The Kier molecular flexibility index (Phi) is 99.9. The van der Waals surface area contributed by atoms with Gasteiger partial charge in [0.05, 0.1) is 15.3 Å². The summed E-state index contributed by atoms with van der Waals surface area (Å²) in [6, 6.07) is 0. The Bertz CT molecular complexity index is 196. The molecule has 19 heteroatoms. The maximum Gasteiger partial charge on any atom is 3.00 e. The van der Waals surface area contributed by atoms with Gasteiger partial charge in [-0.1, -0.05) is 0 Å². The molecule has 0 unspecified atom stereocenters. The first-order valence-electron chi connectivity index (χ1n) is 5.59. The standard InChI is InChI=1S/3C2H8N2.3NO3.Ru/c3*3-1-2-4;3*2-1(3)4;/h3*1-4H2;;;;/q;;;3*-1;+3. The molecule has 0 aliphatic carbocycles. The molecule has 1 radical (unpaired) electrons. The molecule has 0 fully saturated rings. The van der Waals surface area contributed by atoms with E-state index in [0.29, 0.717) is 39.3 Å². The average molecular weight is 467 g/mol. The first kappa shape index (κ1) is 43.5. The van der Waals surface area contributed by atoms with Crippen LogP contribution in [-0.4, -0.2) is 54.5 Å². The maximum atomic E-state index is 8.25. The van der Waals surface area contributed by atoms with Crippen molar-refractivity contribution in [2.45, 2.75) is 0 Å². The molecule has 0 heterocycles. The molecule has 0 spiro atoms. The molecule has 0 atom stereocenters. The summed E-state index contributed by atoms with van der Waals surface area (Å²) in [5.41, 5.74) is 29.4. The largest absolute Gasteiger partial charge is 3.00 e. The second kappa shape index (κ2) is 57.4. The van der Waals surface area contributed by atoms with Crippen LogP contribution < -0.4 is 34.4 Å². The number of rotatable bonds is 3. The molecule has 12 N–H and O–H groups in total. The second-order valence-electron chi connectivity index (χ2n) is 2.40. The smallest absolute Gasteiger partial charge is 0.356 e. The predicted octanol–water partition coefficient (Wildman–Crippen LogP) is -4.01. The Morgan fingerprint density at radius 3 is 0.480 bits per heavy atom. The quantitative estimate of drug-likeness (QED) is 0.131. The zero-order valence-electron chi connectivity index (χ0n) is 13.1. The van der Waals surface area contributed by atoms with Crippen LogP contribution >= 0.6 is 0 Å². The van der Waals surface area contributed by atoms with E-state index in [2.05, 4.69) is 0 Å². The van der Waals surface area contributed by atoms with Gasteiger partial charge in [0, 0.05) is 39.3 Å². The SMILES string of the molecule is NCCN.NCCN.NCCN.O=[N+]([O-])[O-].O=[N+]([O-])[O-].O=[N+]([O-])[O-].[Ru+3]. The van der Waals surface area contributed by atoms with Gasteiger partial charge in [-0.15, -0.1) is 0 Å². The van der Waals surface area contributed by atoms with Crippen molar-refractivity contribution in [3.63, 3.8) is 0 Å². The Balaban J connectivity index is -0.0000000309. The molecule has 25 heavy (non-hydrogen) atoms. The zero-order chi connectivity index (χ0) is 21.0. The van der Waals surface area contributed by atoms with Crippen LogP contribution in [0.3, 0.4) is 0 Å². The van der Waals surface area contributed by atoms with E-state index in [1.54, 1.807) is 0 Å². The summed E-state index contributed by atoms with van der Waals surface area (Å²) in [5.74, 6) is 0. The predicted molar refractivity (Wildman–Crippen MR) is 85.4 cm³/mol. The molecule has 0 amide bonds. The van der Waals surface area contributed by atoms with Crippen LogP contribution in [0.1, 0.15) is 0 Å². The first-order chi connectivity index (χ1) is 10.9. The van der Waals surface area contributed by atoms with Crippen molar-refractivity contribution >= 4 is 0 Å². The fourth-order valence-electron chi connectivity index (χ4n) is 0. The summed E-state index contributed by atoms with van der Waals surface area (Å²) in [6.45, 7) is 3.58. The van der Waals surface area contributed by atoms with Crippen LogP contribution in [0.5, 0.6) is 0 Å². The molecule has 0 aliphatic heterocycles. The second-order valence-corrected chi connectivity index (χ2v) is 2.40. The van der Waals surface area contributed by atoms with Crippen LogP contribution in [0.25, 0.3) is 0 Å². The van der Waals surface area contributed by atoms with E-state index in [9.17, 15) is 0 Å². The van der Waals surface area contributed by atoms with E-state index >= 15 is 0 Å². The Hall–Kier alpha value is -2.02. The van der Waals surface area contributed by atoms with Crippen molar-refractivity contribution in [3.05, 3.63) is 46.0 Å². The molecule has 0 aliphatic rings. The minimum atomic E-state index is -1.75. The maximum absolute atomic E-state index is 8.25. The molecule has 0 aromatic heterocycles. The third kappa shape index (κ3) is 9080. The van der Waals surface area contributed by atoms with Crippen molar-refractivity contribution in [3.8, 4) is 0 Å². The molecule has 0 rings (SSSR count). The van der Waals surface area contributed by atoms with Gasteiger partial charge >= 0.3 is 19.5 Å². The molecule has 0 saturated carbocycles. The molecule has 0 aromatic carbocycles. The van der Waals surface area contributed by atoms with Gasteiger partial charge in [-0.3, -0.25) is 0 Å². The van der Waals surface area contributed by atoms with Crippen molar-refractivity contribution < 1.29 is 34.7 Å². The average Bonchev–Trinajstić information content (AvgIpc) is 2.45. The molecule has 18 nitrogen and oxygen atoms in total. The van der Waals surface area contributed by atoms with Crippen LogP contribution in [0.4, 0.5) is 0 Å². The van der Waals surface area contributed by atoms with Gasteiger partial charge in [-0.25, -0.2) is 0 Å². The molecule has 0 saturated heterocycles. The normalized spacial score (nSPS) is 6.48. The summed E-state index contributed by atoms with van der Waals surface area (Å²) in [4.78, 5) is 24.8. The monoisotopic (exact) mass is 468 g/mol. The third-order valence-corrected chi connectivity index (χ3v) is 0.500. The number of nitrogens with two attached hydrogens (primary N) is 6. The first-order valence-corrected chi connectivity index (χ1v) is 5.59. The minimum absolute atomic E-state index is 0. The summed E-state index contributed by atoms with van der Waals surface area (Å²) in [5, 5.41) is 44.2. The van der Waals surface area contributed by atoms with Gasteiger partial charge in [0.15, 0.2) is 0 Å². The van der Waals surface area contributed by atoms with Gasteiger partial charge in [-0.05, 0) is 0 Å². The summed E-state index contributed by atoms with van der Waals surface area (Å²) < 4.78 is 0. The Morgan fingerprint density at radius 2 is 0.480 bits per heavy atom. The van der Waals surface area contributed by atoms with E-state index in [-0.39, 0.29) is 19.5 Å².